The van der Waals surface area contributed by atoms with E-state index in [4.69, 9.17) is 0 Å². The second-order valence-corrected chi connectivity index (χ2v) is 6.51. The van der Waals surface area contributed by atoms with Crippen LogP contribution >= 0.6 is 0 Å². The Kier molecular flexibility index (Phi) is 5.06. The van der Waals surface area contributed by atoms with E-state index in [1.807, 2.05) is 0 Å². The zero-order valence-electron chi connectivity index (χ0n) is 13.6. The number of likely N-dealkylation sites (tertiary alicyclic amines) is 1. The van der Waals surface area contributed by atoms with Gasteiger partial charge >= 0.3 is 0 Å². The molecule has 0 aliphatic carbocycles. The molecule has 1 saturated heterocycles. The average Bonchev–Trinajstić information content (AvgIpc) is 2.42. The number of hydrogen-bond acceptors (Lipinski definition) is 3. The fourth-order valence-electron chi connectivity index (χ4n) is 3.08. The number of hydrogen-bond donors (Lipinski definition) is 1. The van der Waals surface area contributed by atoms with Crippen molar-refractivity contribution >= 4 is 5.69 Å². The lowest BCUT2D eigenvalue weighted by molar-refractivity contribution is 0.168. The van der Waals surface area contributed by atoms with Gasteiger partial charge in [-0.05, 0) is 50.6 Å². The summed E-state index contributed by atoms with van der Waals surface area (Å²) in [5.74, 6) is 0.720. The number of anilines is 1. The first-order valence-corrected chi connectivity index (χ1v) is 7.69. The van der Waals surface area contributed by atoms with E-state index >= 15 is 0 Å². The molecule has 3 heteroatoms. The Morgan fingerprint density at radius 1 is 1.25 bits per heavy atom. The van der Waals surface area contributed by atoms with Crippen molar-refractivity contribution in [1.82, 2.24) is 10.2 Å². The van der Waals surface area contributed by atoms with Gasteiger partial charge in [0, 0.05) is 38.4 Å². The van der Waals surface area contributed by atoms with Gasteiger partial charge in [0.15, 0.2) is 0 Å². The fraction of sp³-hybridized carbons (Fsp3) is 0.647. The summed E-state index contributed by atoms with van der Waals surface area (Å²) in [7, 11) is 6.38. The second-order valence-electron chi connectivity index (χ2n) is 6.51. The van der Waals surface area contributed by atoms with E-state index in [1.54, 1.807) is 0 Å². The normalized spacial score (nSPS) is 25.4. The SMILES string of the molecule is CC(NC1CCN(C)CC1C)c1ccc(N(C)C)cc1. The van der Waals surface area contributed by atoms with E-state index in [9.17, 15) is 0 Å². The molecule has 0 saturated carbocycles. The maximum absolute atomic E-state index is 3.81. The molecule has 112 valence electrons. The molecule has 0 bridgehead atoms. The van der Waals surface area contributed by atoms with Crippen LogP contribution < -0.4 is 10.2 Å². The Bertz CT molecular complexity index is 413. The van der Waals surface area contributed by atoms with Gasteiger partial charge in [-0.1, -0.05) is 19.1 Å². The smallest absolute Gasteiger partial charge is 0.0361 e. The molecule has 3 atom stereocenters. The van der Waals surface area contributed by atoms with Crippen molar-refractivity contribution in [2.45, 2.75) is 32.4 Å². The Labute approximate surface area is 124 Å². The van der Waals surface area contributed by atoms with Gasteiger partial charge in [-0.3, -0.25) is 0 Å². The van der Waals surface area contributed by atoms with Crippen molar-refractivity contribution in [2.75, 3.05) is 39.1 Å². The van der Waals surface area contributed by atoms with Crippen LogP contribution in [0.4, 0.5) is 5.69 Å². The summed E-state index contributed by atoms with van der Waals surface area (Å²) in [6.07, 6.45) is 1.25. The molecule has 1 fully saturated rings. The second kappa shape index (κ2) is 6.59. The van der Waals surface area contributed by atoms with Crippen LogP contribution in [0.1, 0.15) is 31.9 Å². The van der Waals surface area contributed by atoms with Crippen LogP contribution in [0.5, 0.6) is 0 Å². The molecule has 1 heterocycles. The predicted octanol–water partition coefficient (Wildman–Crippen LogP) is 2.74. The monoisotopic (exact) mass is 275 g/mol. The van der Waals surface area contributed by atoms with Crippen LogP contribution in [0.25, 0.3) is 0 Å². The van der Waals surface area contributed by atoms with Gasteiger partial charge in [-0.15, -0.1) is 0 Å². The van der Waals surface area contributed by atoms with Crippen LogP contribution in [0.15, 0.2) is 24.3 Å². The van der Waals surface area contributed by atoms with Crippen molar-refractivity contribution in [1.29, 1.82) is 0 Å². The van der Waals surface area contributed by atoms with Gasteiger partial charge in [0.25, 0.3) is 0 Å². The molecule has 0 spiro atoms. The highest BCUT2D eigenvalue weighted by molar-refractivity contribution is 5.46. The van der Waals surface area contributed by atoms with Gasteiger partial charge in [-0.25, -0.2) is 0 Å². The Morgan fingerprint density at radius 2 is 1.90 bits per heavy atom. The summed E-state index contributed by atoms with van der Waals surface area (Å²) in [5.41, 5.74) is 2.63. The van der Waals surface area contributed by atoms with Crippen molar-refractivity contribution in [3.63, 3.8) is 0 Å². The number of rotatable bonds is 4. The van der Waals surface area contributed by atoms with E-state index in [0.717, 1.165) is 5.92 Å². The van der Waals surface area contributed by atoms with Crippen LogP contribution in [-0.2, 0) is 0 Å². The van der Waals surface area contributed by atoms with Crippen LogP contribution in [-0.4, -0.2) is 45.2 Å². The Balaban J connectivity index is 1.95. The largest absolute Gasteiger partial charge is 0.378 e. The lowest BCUT2D eigenvalue weighted by Crippen LogP contribution is -2.47. The minimum absolute atomic E-state index is 0.419. The molecular formula is C17H29N3. The molecule has 0 radical (unpaired) electrons. The molecule has 1 aromatic rings. The predicted molar refractivity (Wildman–Crippen MR) is 87.4 cm³/mol. The van der Waals surface area contributed by atoms with Crippen LogP contribution in [0, 0.1) is 5.92 Å². The van der Waals surface area contributed by atoms with E-state index in [-0.39, 0.29) is 0 Å². The van der Waals surface area contributed by atoms with E-state index in [0.29, 0.717) is 12.1 Å². The van der Waals surface area contributed by atoms with Crippen LogP contribution in [0.2, 0.25) is 0 Å². The first-order valence-electron chi connectivity index (χ1n) is 7.69. The first-order chi connectivity index (χ1) is 9.47. The van der Waals surface area contributed by atoms with E-state index in [1.165, 1.54) is 30.8 Å². The third kappa shape index (κ3) is 3.74. The molecule has 0 amide bonds. The molecule has 1 aliphatic heterocycles. The van der Waals surface area contributed by atoms with E-state index in [2.05, 4.69) is 74.4 Å². The minimum Gasteiger partial charge on any atom is -0.378 e. The molecule has 0 aromatic heterocycles. The topological polar surface area (TPSA) is 18.5 Å². The highest BCUT2D eigenvalue weighted by Gasteiger charge is 2.25. The summed E-state index contributed by atoms with van der Waals surface area (Å²) in [6, 6.07) is 9.94. The Morgan fingerprint density at radius 3 is 2.45 bits per heavy atom. The molecule has 3 unspecified atom stereocenters. The quantitative estimate of drug-likeness (QED) is 0.911. The van der Waals surface area contributed by atoms with Gasteiger partial charge in [0.2, 0.25) is 0 Å². The lowest BCUT2D eigenvalue weighted by Gasteiger charge is -2.37. The molecule has 2 rings (SSSR count). The lowest BCUT2D eigenvalue weighted by atomic mass is 9.93. The summed E-state index contributed by atoms with van der Waals surface area (Å²) >= 11 is 0. The highest BCUT2D eigenvalue weighted by atomic mass is 15.1. The number of piperidine rings is 1. The Hall–Kier alpha value is -1.06. The third-order valence-electron chi connectivity index (χ3n) is 4.48. The zero-order chi connectivity index (χ0) is 14.7. The molecule has 1 N–H and O–H groups in total. The van der Waals surface area contributed by atoms with Gasteiger partial charge in [-0.2, -0.15) is 0 Å². The zero-order valence-corrected chi connectivity index (χ0v) is 13.6. The van der Waals surface area contributed by atoms with Gasteiger partial charge < -0.3 is 15.1 Å². The third-order valence-corrected chi connectivity index (χ3v) is 4.48. The van der Waals surface area contributed by atoms with Gasteiger partial charge in [0.05, 0.1) is 0 Å². The molecule has 1 aliphatic rings. The number of nitrogens with zero attached hydrogens (tertiary/aromatic N) is 2. The first kappa shape index (κ1) is 15.3. The fourth-order valence-corrected chi connectivity index (χ4v) is 3.08. The van der Waals surface area contributed by atoms with Crippen molar-refractivity contribution in [3.8, 4) is 0 Å². The maximum atomic E-state index is 3.81. The summed E-state index contributed by atoms with van der Waals surface area (Å²) in [4.78, 5) is 4.57. The van der Waals surface area contributed by atoms with E-state index < -0.39 is 0 Å². The number of benzene rings is 1. The number of nitrogens with one attached hydrogen (secondary N) is 1. The molecule has 20 heavy (non-hydrogen) atoms. The molecule has 1 aromatic carbocycles. The van der Waals surface area contributed by atoms with Crippen molar-refractivity contribution in [3.05, 3.63) is 29.8 Å². The minimum atomic E-state index is 0.419. The van der Waals surface area contributed by atoms with Crippen molar-refractivity contribution in [2.24, 2.45) is 5.92 Å². The maximum Gasteiger partial charge on any atom is 0.0361 e. The summed E-state index contributed by atoms with van der Waals surface area (Å²) in [6.45, 7) is 7.03. The standard InChI is InChI=1S/C17H29N3/c1-13-12-20(5)11-10-17(13)18-14(2)15-6-8-16(9-7-15)19(3)4/h6-9,13-14,17-18H,10-12H2,1-5H3. The summed E-state index contributed by atoms with van der Waals surface area (Å²) < 4.78 is 0. The molecular weight excluding hydrogens is 246 g/mol. The average molecular weight is 275 g/mol. The molecule has 3 nitrogen and oxygen atoms in total. The highest BCUT2D eigenvalue weighted by Crippen LogP contribution is 2.22. The van der Waals surface area contributed by atoms with Crippen LogP contribution in [0.3, 0.4) is 0 Å². The summed E-state index contributed by atoms with van der Waals surface area (Å²) in [5, 5.41) is 3.81. The van der Waals surface area contributed by atoms with Crippen molar-refractivity contribution < 1.29 is 0 Å². The van der Waals surface area contributed by atoms with Gasteiger partial charge in [0.1, 0.15) is 0 Å².